The molecule has 28 heavy (non-hydrogen) atoms. The molecule has 1 aromatic heterocycles. The van der Waals surface area contributed by atoms with Crippen molar-refractivity contribution in [1.29, 1.82) is 0 Å². The summed E-state index contributed by atoms with van der Waals surface area (Å²) in [6, 6.07) is 15.6. The summed E-state index contributed by atoms with van der Waals surface area (Å²) in [5.74, 6) is 1.55. The lowest BCUT2D eigenvalue weighted by Gasteiger charge is -2.22. The summed E-state index contributed by atoms with van der Waals surface area (Å²) in [4.78, 5) is 1.52. The van der Waals surface area contributed by atoms with E-state index in [0.717, 1.165) is 29.5 Å². The molecular formula is C21H24ClN4OS+. The minimum atomic E-state index is 0.682. The molecule has 0 spiro atoms. The quantitative estimate of drug-likeness (QED) is 0.644. The maximum Gasteiger partial charge on any atom is 0.207 e. The number of halogens is 1. The third kappa shape index (κ3) is 3.85. The number of ether oxygens (including phenoxy) is 1. The number of quaternary nitrogens is 1. The smallest absolute Gasteiger partial charge is 0.207 e. The Labute approximate surface area is 175 Å². The normalized spacial score (nSPS) is 14.9. The van der Waals surface area contributed by atoms with Crippen LogP contribution in [0.5, 0.6) is 5.75 Å². The molecule has 1 aliphatic rings. The number of hydrogen-bond acceptors (Lipinski definition) is 3. The Morgan fingerprint density at radius 1 is 1.07 bits per heavy atom. The summed E-state index contributed by atoms with van der Waals surface area (Å²) >= 11 is 11.9. The highest BCUT2D eigenvalue weighted by atomic mass is 35.5. The minimum absolute atomic E-state index is 0.682. The van der Waals surface area contributed by atoms with Crippen molar-refractivity contribution in [2.45, 2.75) is 25.9 Å². The summed E-state index contributed by atoms with van der Waals surface area (Å²) in [6.07, 6.45) is 3.85. The molecule has 1 saturated heterocycles. The second-order valence-corrected chi connectivity index (χ2v) is 7.89. The fourth-order valence-electron chi connectivity index (χ4n) is 3.76. The number of rotatable bonds is 5. The van der Waals surface area contributed by atoms with Crippen molar-refractivity contribution >= 4 is 23.8 Å². The van der Waals surface area contributed by atoms with E-state index in [-0.39, 0.29) is 0 Å². The molecule has 5 nitrogen and oxygen atoms in total. The van der Waals surface area contributed by atoms with Gasteiger partial charge >= 0.3 is 0 Å². The zero-order chi connectivity index (χ0) is 19.5. The van der Waals surface area contributed by atoms with Crippen LogP contribution in [0.25, 0.3) is 17.1 Å². The fourth-order valence-corrected chi connectivity index (χ4v) is 4.18. The Kier molecular flexibility index (Phi) is 5.80. The van der Waals surface area contributed by atoms with Crippen LogP contribution in [-0.4, -0.2) is 34.5 Å². The van der Waals surface area contributed by atoms with Gasteiger partial charge in [-0.1, -0.05) is 23.7 Å². The summed E-state index contributed by atoms with van der Waals surface area (Å²) in [6.45, 7) is 3.11. The average Bonchev–Trinajstić information content (AvgIpc) is 3.05. The lowest BCUT2D eigenvalue weighted by molar-refractivity contribution is -0.928. The van der Waals surface area contributed by atoms with E-state index in [9.17, 15) is 0 Å². The molecule has 3 aromatic rings. The van der Waals surface area contributed by atoms with Gasteiger partial charge in [0.05, 0.1) is 31.5 Å². The van der Waals surface area contributed by atoms with E-state index in [1.165, 1.54) is 37.3 Å². The number of nitrogens with one attached hydrogen (secondary N) is 1. The zero-order valence-corrected chi connectivity index (χ0v) is 17.5. The first-order valence-corrected chi connectivity index (χ1v) is 10.4. The monoisotopic (exact) mass is 415 g/mol. The molecule has 1 fully saturated rings. The highest BCUT2D eigenvalue weighted by Crippen LogP contribution is 2.30. The second-order valence-electron chi connectivity index (χ2n) is 7.09. The van der Waals surface area contributed by atoms with E-state index in [1.54, 1.807) is 7.11 Å². The van der Waals surface area contributed by atoms with E-state index in [1.807, 2.05) is 57.8 Å². The van der Waals surface area contributed by atoms with Gasteiger partial charge in [0.1, 0.15) is 5.75 Å². The van der Waals surface area contributed by atoms with Gasteiger partial charge in [0.2, 0.25) is 4.77 Å². The van der Waals surface area contributed by atoms with Crippen molar-refractivity contribution < 1.29 is 9.64 Å². The molecule has 7 heteroatoms. The molecule has 4 rings (SSSR count). The van der Waals surface area contributed by atoms with Crippen molar-refractivity contribution in [1.82, 2.24) is 14.3 Å². The molecule has 0 unspecified atom stereocenters. The van der Waals surface area contributed by atoms with Gasteiger partial charge in [-0.3, -0.25) is 4.57 Å². The zero-order valence-electron chi connectivity index (χ0n) is 15.9. The summed E-state index contributed by atoms with van der Waals surface area (Å²) in [7, 11) is 1.68. The molecule has 2 heterocycles. The van der Waals surface area contributed by atoms with E-state index in [0.29, 0.717) is 9.79 Å². The minimum Gasteiger partial charge on any atom is -0.496 e. The number of likely N-dealkylation sites (tertiary alicyclic amines) is 1. The van der Waals surface area contributed by atoms with Crippen molar-refractivity contribution in [2.24, 2.45) is 0 Å². The predicted octanol–water partition coefficient (Wildman–Crippen LogP) is 3.76. The third-order valence-corrected chi connectivity index (χ3v) is 5.85. The summed E-state index contributed by atoms with van der Waals surface area (Å²) in [5, 5.41) is 5.62. The Balaban J connectivity index is 1.84. The number of methoxy groups -OCH3 is 1. The molecule has 2 aromatic carbocycles. The predicted molar refractivity (Wildman–Crippen MR) is 114 cm³/mol. The van der Waals surface area contributed by atoms with Crippen molar-refractivity contribution in [3.05, 3.63) is 58.3 Å². The van der Waals surface area contributed by atoms with E-state index < -0.39 is 0 Å². The third-order valence-electron chi connectivity index (χ3n) is 5.21. The fraction of sp³-hybridized carbons (Fsp3) is 0.333. The topological polar surface area (TPSA) is 36.4 Å². The highest BCUT2D eigenvalue weighted by Gasteiger charge is 2.21. The van der Waals surface area contributed by atoms with Gasteiger partial charge < -0.3 is 9.64 Å². The maximum absolute atomic E-state index is 6.10. The van der Waals surface area contributed by atoms with Crippen molar-refractivity contribution in [2.75, 3.05) is 20.2 Å². The molecule has 0 atom stereocenters. The van der Waals surface area contributed by atoms with Gasteiger partial charge in [-0.05, 0) is 67.9 Å². The Hall–Kier alpha value is -2.15. The van der Waals surface area contributed by atoms with Gasteiger partial charge in [0.15, 0.2) is 12.5 Å². The van der Waals surface area contributed by atoms with Crippen molar-refractivity contribution in [3.8, 4) is 22.8 Å². The molecular weight excluding hydrogens is 392 g/mol. The molecule has 1 N–H and O–H groups in total. The summed E-state index contributed by atoms with van der Waals surface area (Å²) in [5.41, 5.74) is 1.86. The molecule has 0 bridgehead atoms. The Morgan fingerprint density at radius 3 is 2.50 bits per heavy atom. The number of aromatic nitrogens is 3. The van der Waals surface area contributed by atoms with Crippen LogP contribution < -0.4 is 9.64 Å². The lowest BCUT2D eigenvalue weighted by atomic mass is 10.1. The van der Waals surface area contributed by atoms with Crippen LogP contribution in [0.4, 0.5) is 0 Å². The number of benzene rings is 2. The van der Waals surface area contributed by atoms with Crippen molar-refractivity contribution in [3.63, 3.8) is 0 Å². The molecule has 146 valence electrons. The number of nitrogens with zero attached hydrogens (tertiary/aromatic N) is 3. The van der Waals surface area contributed by atoms with Gasteiger partial charge in [-0.15, -0.1) is 5.10 Å². The Morgan fingerprint density at radius 2 is 1.79 bits per heavy atom. The van der Waals surface area contributed by atoms with Crippen LogP contribution in [-0.2, 0) is 6.67 Å². The largest absolute Gasteiger partial charge is 0.496 e. The van der Waals surface area contributed by atoms with Crippen LogP contribution in [0.1, 0.15) is 19.3 Å². The van der Waals surface area contributed by atoms with E-state index >= 15 is 0 Å². The van der Waals surface area contributed by atoms with Gasteiger partial charge in [-0.25, -0.2) is 0 Å². The molecule has 0 amide bonds. The molecule has 0 radical (unpaired) electrons. The second kappa shape index (κ2) is 8.47. The molecule has 0 aliphatic carbocycles. The standard InChI is InChI=1S/C21H23ClN4OS/c1-27-19-8-4-3-7-18(19)20-23-25(15-24-13-5-2-6-14-24)21(28)26(20)17-11-9-16(22)10-12-17/h3-4,7-12H,2,5-6,13-15H2,1H3/p+1. The summed E-state index contributed by atoms with van der Waals surface area (Å²) < 4.78 is 10.2. The average molecular weight is 416 g/mol. The van der Waals surface area contributed by atoms with Gasteiger partial charge in [-0.2, -0.15) is 4.68 Å². The van der Waals surface area contributed by atoms with Gasteiger partial charge in [0, 0.05) is 5.02 Å². The highest BCUT2D eigenvalue weighted by molar-refractivity contribution is 7.71. The van der Waals surface area contributed by atoms with Crippen LogP contribution in [0.3, 0.4) is 0 Å². The van der Waals surface area contributed by atoms with E-state index in [2.05, 4.69) is 0 Å². The molecule has 1 aliphatic heterocycles. The van der Waals surface area contributed by atoms with Crippen LogP contribution in [0, 0.1) is 4.77 Å². The maximum atomic E-state index is 6.10. The number of piperidine rings is 1. The first-order valence-electron chi connectivity index (χ1n) is 9.60. The lowest BCUT2D eigenvalue weighted by Crippen LogP contribution is -3.12. The first-order chi connectivity index (χ1) is 13.7. The van der Waals surface area contributed by atoms with Crippen LogP contribution in [0.15, 0.2) is 48.5 Å². The van der Waals surface area contributed by atoms with E-state index in [4.69, 9.17) is 33.7 Å². The number of para-hydroxylation sites is 1. The van der Waals surface area contributed by atoms with Crippen LogP contribution in [0.2, 0.25) is 5.02 Å². The first kappa shape index (κ1) is 19.2. The molecule has 0 saturated carbocycles. The van der Waals surface area contributed by atoms with Crippen LogP contribution >= 0.6 is 23.8 Å². The number of hydrogen-bond donors (Lipinski definition) is 1. The Bertz CT molecular complexity index is 1010. The SMILES string of the molecule is COc1ccccc1-c1nn(C[NH+]2CCCCC2)c(=S)n1-c1ccc(Cl)cc1. The van der Waals surface area contributed by atoms with Gasteiger partial charge in [0.25, 0.3) is 0 Å².